The fourth-order valence-corrected chi connectivity index (χ4v) is 1.56. The number of carbonyl (C=O) groups excluding carboxylic acids is 1. The van der Waals surface area contributed by atoms with E-state index in [1.165, 1.54) is 6.07 Å². The molecular weight excluding hydrogens is 228 g/mol. The molecule has 0 saturated carbocycles. The summed E-state index contributed by atoms with van der Waals surface area (Å²) in [5.74, 6) is -0.242. The number of amides is 1. The summed E-state index contributed by atoms with van der Waals surface area (Å²) in [5.41, 5.74) is 1.15. The summed E-state index contributed by atoms with van der Waals surface area (Å²) in [6.45, 7) is 3.60. The van der Waals surface area contributed by atoms with Crippen molar-refractivity contribution >= 4 is 17.5 Å². The molecule has 5 heteroatoms. The van der Waals surface area contributed by atoms with E-state index in [9.17, 15) is 4.79 Å². The zero-order valence-electron chi connectivity index (χ0n) is 9.33. The van der Waals surface area contributed by atoms with Crippen LogP contribution in [0.3, 0.4) is 0 Å². The first kappa shape index (κ1) is 12.9. The molecule has 0 saturated heterocycles. The number of hydrogen-bond acceptors (Lipinski definition) is 3. The fourth-order valence-electron chi connectivity index (χ4n) is 1.30. The number of halogens is 1. The lowest BCUT2D eigenvalue weighted by molar-refractivity contribution is 0.0914. The second-order valence-electron chi connectivity index (χ2n) is 3.58. The van der Waals surface area contributed by atoms with E-state index in [1.54, 1.807) is 13.0 Å². The Hall–Kier alpha value is -1.13. The zero-order chi connectivity index (χ0) is 12.1. The van der Waals surface area contributed by atoms with E-state index in [2.05, 4.69) is 10.3 Å². The van der Waals surface area contributed by atoms with Crippen LogP contribution in [0.15, 0.2) is 12.1 Å². The number of aromatic nitrogens is 1. The average molecular weight is 243 g/mol. The van der Waals surface area contributed by atoms with Gasteiger partial charge in [-0.25, -0.2) is 4.98 Å². The van der Waals surface area contributed by atoms with E-state index in [0.29, 0.717) is 22.8 Å². The van der Waals surface area contributed by atoms with Crippen LogP contribution in [0.25, 0.3) is 0 Å². The first-order valence-corrected chi connectivity index (χ1v) is 5.50. The molecule has 88 valence electrons. The van der Waals surface area contributed by atoms with Gasteiger partial charge in [-0.05, 0) is 25.5 Å². The number of carbonyl (C=O) groups is 1. The summed E-state index contributed by atoms with van der Waals surface area (Å²) in [4.78, 5) is 15.7. The van der Waals surface area contributed by atoms with Crippen LogP contribution in [-0.4, -0.2) is 28.6 Å². The van der Waals surface area contributed by atoms with Crippen LogP contribution in [0, 0.1) is 6.92 Å². The fraction of sp³-hybridized carbons (Fsp3) is 0.455. The van der Waals surface area contributed by atoms with Crippen molar-refractivity contribution in [2.75, 3.05) is 6.61 Å². The second-order valence-corrected chi connectivity index (χ2v) is 3.97. The maximum absolute atomic E-state index is 11.8. The lowest BCUT2D eigenvalue weighted by atomic mass is 10.2. The minimum absolute atomic E-state index is 0.0694. The highest BCUT2D eigenvalue weighted by Crippen LogP contribution is 2.10. The molecule has 0 spiro atoms. The molecule has 1 aromatic heterocycles. The van der Waals surface area contributed by atoms with Gasteiger partial charge in [-0.1, -0.05) is 18.5 Å². The van der Waals surface area contributed by atoms with Crippen molar-refractivity contribution in [1.29, 1.82) is 0 Å². The van der Waals surface area contributed by atoms with Gasteiger partial charge < -0.3 is 10.4 Å². The molecule has 4 nitrogen and oxygen atoms in total. The van der Waals surface area contributed by atoms with E-state index < -0.39 is 0 Å². The third-order valence-corrected chi connectivity index (χ3v) is 2.43. The average Bonchev–Trinajstić information content (AvgIpc) is 2.24. The predicted octanol–water partition coefficient (Wildman–Crippen LogP) is 1.54. The summed E-state index contributed by atoms with van der Waals surface area (Å²) >= 11 is 5.76. The number of nitrogens with one attached hydrogen (secondary N) is 1. The minimum Gasteiger partial charge on any atom is -0.394 e. The molecule has 1 atom stereocenters. The van der Waals surface area contributed by atoms with Gasteiger partial charge in [0.05, 0.1) is 12.6 Å². The van der Waals surface area contributed by atoms with E-state index in [0.717, 1.165) is 0 Å². The van der Waals surface area contributed by atoms with Gasteiger partial charge in [-0.2, -0.15) is 0 Å². The maximum atomic E-state index is 11.8. The van der Waals surface area contributed by atoms with Gasteiger partial charge in [-0.15, -0.1) is 0 Å². The Morgan fingerprint density at radius 3 is 2.81 bits per heavy atom. The molecule has 0 aliphatic carbocycles. The maximum Gasteiger partial charge on any atom is 0.251 e. The molecule has 0 aliphatic rings. The summed E-state index contributed by atoms with van der Waals surface area (Å²) < 4.78 is 0. The Balaban J connectivity index is 2.80. The first-order valence-electron chi connectivity index (χ1n) is 5.12. The van der Waals surface area contributed by atoms with Crippen molar-refractivity contribution in [2.24, 2.45) is 0 Å². The largest absolute Gasteiger partial charge is 0.394 e. The number of nitrogens with zero attached hydrogens (tertiary/aromatic N) is 1. The molecule has 2 N–H and O–H groups in total. The van der Waals surface area contributed by atoms with E-state index in [-0.39, 0.29) is 18.6 Å². The molecule has 16 heavy (non-hydrogen) atoms. The number of pyridine rings is 1. The van der Waals surface area contributed by atoms with Gasteiger partial charge in [0.15, 0.2) is 0 Å². The first-order chi connectivity index (χ1) is 7.56. The number of hydrogen-bond donors (Lipinski definition) is 2. The lowest BCUT2D eigenvalue weighted by Gasteiger charge is -2.14. The van der Waals surface area contributed by atoms with Crippen LogP contribution in [0.5, 0.6) is 0 Å². The van der Waals surface area contributed by atoms with Crippen LogP contribution < -0.4 is 5.32 Å². The van der Waals surface area contributed by atoms with Crippen molar-refractivity contribution in [3.8, 4) is 0 Å². The Morgan fingerprint density at radius 2 is 2.31 bits per heavy atom. The highest BCUT2D eigenvalue weighted by molar-refractivity contribution is 6.29. The molecule has 0 unspecified atom stereocenters. The van der Waals surface area contributed by atoms with Crippen LogP contribution in [0.2, 0.25) is 5.15 Å². The third kappa shape index (κ3) is 3.47. The van der Waals surface area contributed by atoms with Gasteiger partial charge in [0.25, 0.3) is 5.91 Å². The Morgan fingerprint density at radius 1 is 1.62 bits per heavy atom. The molecule has 0 fully saturated rings. The topological polar surface area (TPSA) is 62.2 Å². The Kier molecular flexibility index (Phi) is 4.71. The van der Waals surface area contributed by atoms with Crippen LogP contribution in [-0.2, 0) is 0 Å². The molecular formula is C11H15ClN2O2. The van der Waals surface area contributed by atoms with Crippen molar-refractivity contribution in [3.63, 3.8) is 0 Å². The lowest BCUT2D eigenvalue weighted by Crippen LogP contribution is -2.36. The molecule has 0 bridgehead atoms. The van der Waals surface area contributed by atoms with Gasteiger partial charge in [0, 0.05) is 11.3 Å². The van der Waals surface area contributed by atoms with E-state index in [1.807, 2.05) is 6.92 Å². The number of aliphatic hydroxyl groups is 1. The van der Waals surface area contributed by atoms with Crippen LogP contribution in [0.4, 0.5) is 0 Å². The van der Waals surface area contributed by atoms with Gasteiger partial charge in [0.1, 0.15) is 5.15 Å². The standard InChI is InChI=1S/C11H15ClN2O2/c1-3-9(6-15)14-11(16)8-4-7(2)13-10(12)5-8/h4-5,9,15H,3,6H2,1-2H3,(H,14,16)/t9-/m0/s1. The molecule has 0 radical (unpaired) electrons. The number of aryl methyl sites for hydroxylation is 1. The number of aliphatic hydroxyl groups excluding tert-OH is 1. The SMILES string of the molecule is CC[C@@H](CO)NC(=O)c1cc(C)nc(Cl)c1. The summed E-state index contributed by atoms with van der Waals surface area (Å²) in [7, 11) is 0. The summed E-state index contributed by atoms with van der Waals surface area (Å²) in [6.07, 6.45) is 0.681. The van der Waals surface area contributed by atoms with Gasteiger partial charge in [-0.3, -0.25) is 4.79 Å². The molecule has 1 aromatic rings. The van der Waals surface area contributed by atoms with Crippen molar-refractivity contribution < 1.29 is 9.90 Å². The Bertz CT molecular complexity index is 358. The molecule has 0 aliphatic heterocycles. The zero-order valence-corrected chi connectivity index (χ0v) is 10.1. The van der Waals surface area contributed by atoms with Crippen molar-refractivity contribution in [1.82, 2.24) is 10.3 Å². The van der Waals surface area contributed by atoms with Gasteiger partial charge in [0.2, 0.25) is 0 Å². The summed E-state index contributed by atoms with van der Waals surface area (Å²) in [5, 5.41) is 12.0. The van der Waals surface area contributed by atoms with Crippen molar-refractivity contribution in [2.45, 2.75) is 26.3 Å². The minimum atomic E-state index is -0.242. The Labute approximate surface area is 99.6 Å². The van der Waals surface area contributed by atoms with Crippen molar-refractivity contribution in [3.05, 3.63) is 28.5 Å². The summed E-state index contributed by atoms with van der Waals surface area (Å²) in [6, 6.07) is 2.94. The van der Waals surface area contributed by atoms with Gasteiger partial charge >= 0.3 is 0 Å². The highest BCUT2D eigenvalue weighted by Gasteiger charge is 2.12. The highest BCUT2D eigenvalue weighted by atomic mass is 35.5. The molecule has 1 heterocycles. The normalized spacial score (nSPS) is 12.2. The number of rotatable bonds is 4. The smallest absolute Gasteiger partial charge is 0.251 e. The predicted molar refractivity (Wildman–Crippen MR) is 62.6 cm³/mol. The van der Waals surface area contributed by atoms with E-state index in [4.69, 9.17) is 16.7 Å². The van der Waals surface area contributed by atoms with Crippen LogP contribution >= 0.6 is 11.6 Å². The monoisotopic (exact) mass is 242 g/mol. The molecule has 1 amide bonds. The van der Waals surface area contributed by atoms with Crippen LogP contribution in [0.1, 0.15) is 29.4 Å². The third-order valence-electron chi connectivity index (χ3n) is 2.23. The molecule has 0 aromatic carbocycles. The quantitative estimate of drug-likeness (QED) is 0.788. The second kappa shape index (κ2) is 5.82. The van der Waals surface area contributed by atoms with E-state index >= 15 is 0 Å². The molecule has 1 rings (SSSR count).